The van der Waals surface area contributed by atoms with Crippen LogP contribution in [0, 0.1) is 0 Å². The zero-order chi connectivity index (χ0) is 13.0. The van der Waals surface area contributed by atoms with Gasteiger partial charge in [0.25, 0.3) is 0 Å². The second-order valence-corrected chi connectivity index (χ2v) is 3.77. The van der Waals surface area contributed by atoms with Crippen molar-refractivity contribution in [2.75, 3.05) is 14.2 Å². The number of carbonyl (C=O) groups excluding carboxylic acids is 1. The number of hydrogen-bond donors (Lipinski definition) is 1. The van der Waals surface area contributed by atoms with E-state index >= 15 is 0 Å². The number of aromatic hydroxyl groups is 1. The highest BCUT2D eigenvalue weighted by Gasteiger charge is 2.18. The van der Waals surface area contributed by atoms with Crippen LogP contribution in [0.1, 0.15) is 22.8 Å². The smallest absolute Gasteiger partial charge is 0.338 e. The molecule has 1 aromatic carbocycles. The molecule has 0 aliphatic rings. The number of phenols is 1. The van der Waals surface area contributed by atoms with E-state index in [4.69, 9.17) is 4.74 Å². The topological polar surface area (TPSA) is 55.8 Å². The largest absolute Gasteiger partial charge is 0.504 e. The van der Waals surface area contributed by atoms with Crippen molar-refractivity contribution in [3.05, 3.63) is 35.4 Å². The van der Waals surface area contributed by atoms with Gasteiger partial charge in [-0.1, -0.05) is 12.2 Å². The third kappa shape index (κ3) is 2.78. The second-order valence-electron chi connectivity index (χ2n) is 3.77. The van der Waals surface area contributed by atoms with Crippen LogP contribution in [0.25, 0.3) is 0 Å². The molecule has 1 aromatic rings. The molecule has 4 heteroatoms. The average molecular weight is 236 g/mol. The Hall–Kier alpha value is -1.97. The standard InChI is InChI=1S/C13H16O4/c1-8(2)7-10-9(13(15)17-4)5-6-11(16-3)12(10)14/h5-6,14H,1,7H2,2-4H3. The van der Waals surface area contributed by atoms with Gasteiger partial charge in [0, 0.05) is 5.56 Å². The van der Waals surface area contributed by atoms with Crippen molar-refractivity contribution in [3.8, 4) is 11.5 Å². The highest BCUT2D eigenvalue weighted by atomic mass is 16.5. The summed E-state index contributed by atoms with van der Waals surface area (Å²) in [6, 6.07) is 3.10. The summed E-state index contributed by atoms with van der Waals surface area (Å²) in [5.41, 5.74) is 1.64. The van der Waals surface area contributed by atoms with Crippen LogP contribution in [-0.4, -0.2) is 25.3 Å². The monoisotopic (exact) mass is 236 g/mol. The number of methoxy groups -OCH3 is 2. The summed E-state index contributed by atoms with van der Waals surface area (Å²) < 4.78 is 9.67. The predicted molar refractivity (Wildman–Crippen MR) is 64.5 cm³/mol. The van der Waals surface area contributed by atoms with E-state index in [1.807, 2.05) is 6.92 Å². The van der Waals surface area contributed by atoms with Crippen LogP contribution >= 0.6 is 0 Å². The quantitative estimate of drug-likeness (QED) is 0.643. The Morgan fingerprint density at radius 1 is 1.41 bits per heavy atom. The van der Waals surface area contributed by atoms with E-state index in [-0.39, 0.29) is 5.75 Å². The summed E-state index contributed by atoms with van der Waals surface area (Å²) in [6.45, 7) is 5.59. The molecule has 0 fully saturated rings. The van der Waals surface area contributed by atoms with Crippen LogP contribution in [0.5, 0.6) is 11.5 Å². The lowest BCUT2D eigenvalue weighted by atomic mass is 9.99. The van der Waals surface area contributed by atoms with Crippen LogP contribution < -0.4 is 4.74 Å². The lowest BCUT2D eigenvalue weighted by Crippen LogP contribution is -2.07. The minimum absolute atomic E-state index is 0.0431. The van der Waals surface area contributed by atoms with Gasteiger partial charge in [-0.3, -0.25) is 0 Å². The SMILES string of the molecule is C=C(C)Cc1c(C(=O)OC)ccc(OC)c1O. The molecule has 0 atom stereocenters. The number of phenolic OH excluding ortho intramolecular Hbond substituents is 1. The minimum Gasteiger partial charge on any atom is -0.504 e. The van der Waals surface area contributed by atoms with Gasteiger partial charge in [0.05, 0.1) is 19.8 Å². The summed E-state index contributed by atoms with van der Waals surface area (Å²) in [6.07, 6.45) is 0.396. The van der Waals surface area contributed by atoms with Crippen molar-refractivity contribution < 1.29 is 19.4 Å². The van der Waals surface area contributed by atoms with Crippen LogP contribution in [0.4, 0.5) is 0 Å². The van der Waals surface area contributed by atoms with E-state index in [2.05, 4.69) is 11.3 Å². The molecule has 17 heavy (non-hydrogen) atoms. The van der Waals surface area contributed by atoms with Gasteiger partial charge in [0.15, 0.2) is 11.5 Å². The number of allylic oxidation sites excluding steroid dienone is 1. The third-order valence-electron chi connectivity index (χ3n) is 2.35. The first kappa shape index (κ1) is 13.1. The zero-order valence-corrected chi connectivity index (χ0v) is 10.2. The molecule has 0 aliphatic heterocycles. The first-order chi connectivity index (χ1) is 8.01. The van der Waals surface area contributed by atoms with Crippen LogP contribution in [0.15, 0.2) is 24.3 Å². The van der Waals surface area contributed by atoms with E-state index < -0.39 is 5.97 Å². The molecule has 0 aliphatic carbocycles. The Kier molecular flexibility index (Phi) is 4.15. The van der Waals surface area contributed by atoms with E-state index in [9.17, 15) is 9.90 Å². The van der Waals surface area contributed by atoms with Crippen molar-refractivity contribution >= 4 is 5.97 Å². The fourth-order valence-electron chi connectivity index (χ4n) is 1.56. The minimum atomic E-state index is -0.487. The van der Waals surface area contributed by atoms with Gasteiger partial charge in [-0.25, -0.2) is 4.79 Å². The van der Waals surface area contributed by atoms with Crippen molar-refractivity contribution in [3.63, 3.8) is 0 Å². The van der Waals surface area contributed by atoms with Gasteiger partial charge >= 0.3 is 5.97 Å². The first-order valence-electron chi connectivity index (χ1n) is 5.12. The molecule has 92 valence electrons. The normalized spacial score (nSPS) is 9.82. The van der Waals surface area contributed by atoms with Gasteiger partial charge < -0.3 is 14.6 Å². The van der Waals surface area contributed by atoms with Crippen LogP contribution in [-0.2, 0) is 11.2 Å². The molecule has 0 aromatic heterocycles. The molecule has 0 bridgehead atoms. The summed E-state index contributed by atoms with van der Waals surface area (Å²) in [7, 11) is 2.76. The van der Waals surface area contributed by atoms with Crippen molar-refractivity contribution in [2.45, 2.75) is 13.3 Å². The molecule has 0 saturated carbocycles. The summed E-state index contributed by atoms with van der Waals surface area (Å²) in [5, 5.41) is 9.99. The molecule has 4 nitrogen and oxygen atoms in total. The fourth-order valence-corrected chi connectivity index (χ4v) is 1.56. The second kappa shape index (κ2) is 5.39. The van der Waals surface area contributed by atoms with Crippen molar-refractivity contribution in [2.24, 2.45) is 0 Å². The van der Waals surface area contributed by atoms with E-state index in [0.717, 1.165) is 5.57 Å². The van der Waals surface area contributed by atoms with Crippen molar-refractivity contribution in [1.29, 1.82) is 0 Å². The van der Waals surface area contributed by atoms with Gasteiger partial charge in [-0.15, -0.1) is 0 Å². The Balaban J connectivity index is 3.35. The molecule has 0 amide bonds. The number of esters is 1. The summed E-state index contributed by atoms with van der Waals surface area (Å²) in [4.78, 5) is 11.6. The molecule has 1 N–H and O–H groups in total. The molecule has 0 saturated heterocycles. The molecular weight excluding hydrogens is 220 g/mol. The fraction of sp³-hybridized carbons (Fsp3) is 0.308. The Morgan fingerprint density at radius 3 is 2.53 bits per heavy atom. The number of benzene rings is 1. The maximum Gasteiger partial charge on any atom is 0.338 e. The molecule has 0 unspecified atom stereocenters. The molecule has 0 spiro atoms. The van der Waals surface area contributed by atoms with Gasteiger partial charge in [-0.05, 0) is 25.5 Å². The van der Waals surface area contributed by atoms with Gasteiger partial charge in [0.2, 0.25) is 0 Å². The number of hydrogen-bond acceptors (Lipinski definition) is 4. The third-order valence-corrected chi connectivity index (χ3v) is 2.35. The Bertz CT molecular complexity index is 449. The molecule has 1 rings (SSSR count). The van der Waals surface area contributed by atoms with Gasteiger partial charge in [-0.2, -0.15) is 0 Å². The van der Waals surface area contributed by atoms with Gasteiger partial charge in [0.1, 0.15) is 0 Å². The highest BCUT2D eigenvalue weighted by Crippen LogP contribution is 2.34. The lowest BCUT2D eigenvalue weighted by molar-refractivity contribution is 0.0599. The maximum absolute atomic E-state index is 11.6. The maximum atomic E-state index is 11.6. The van der Waals surface area contributed by atoms with E-state index in [1.54, 1.807) is 6.07 Å². The lowest BCUT2D eigenvalue weighted by Gasteiger charge is -2.12. The highest BCUT2D eigenvalue weighted by molar-refractivity contribution is 5.92. The Morgan fingerprint density at radius 2 is 2.06 bits per heavy atom. The van der Waals surface area contributed by atoms with Crippen LogP contribution in [0.3, 0.4) is 0 Å². The van der Waals surface area contributed by atoms with E-state index in [1.165, 1.54) is 20.3 Å². The molecule has 0 heterocycles. The summed E-state index contributed by atoms with van der Waals surface area (Å²) >= 11 is 0. The first-order valence-corrected chi connectivity index (χ1v) is 5.12. The Labute approximate surface area is 100 Å². The van der Waals surface area contributed by atoms with E-state index in [0.29, 0.717) is 23.3 Å². The molecular formula is C13H16O4. The molecule has 0 radical (unpaired) electrons. The zero-order valence-electron chi connectivity index (χ0n) is 10.2. The number of rotatable bonds is 4. The number of carbonyl (C=O) groups is 1. The number of ether oxygens (including phenoxy) is 2. The summed E-state index contributed by atoms with van der Waals surface area (Å²) in [5.74, 6) is -0.202. The average Bonchev–Trinajstić information content (AvgIpc) is 2.30. The predicted octanol–water partition coefficient (Wildman–Crippen LogP) is 2.31. The van der Waals surface area contributed by atoms with Crippen LogP contribution in [0.2, 0.25) is 0 Å². The van der Waals surface area contributed by atoms with Crippen molar-refractivity contribution in [1.82, 2.24) is 0 Å².